The van der Waals surface area contributed by atoms with Crippen LogP contribution in [0, 0.1) is 13.8 Å². The molecular formula is C21H20N4O2. The number of amides is 2. The Bertz CT molecular complexity index is 971. The van der Waals surface area contributed by atoms with Crippen LogP contribution in [0.3, 0.4) is 0 Å². The van der Waals surface area contributed by atoms with Crippen molar-refractivity contribution in [3.63, 3.8) is 0 Å². The zero-order valence-electron chi connectivity index (χ0n) is 15.2. The zero-order chi connectivity index (χ0) is 19.2. The van der Waals surface area contributed by atoms with E-state index in [1.165, 1.54) is 18.5 Å². The van der Waals surface area contributed by atoms with Crippen molar-refractivity contribution in [3.8, 4) is 0 Å². The highest BCUT2D eigenvalue weighted by Gasteiger charge is 2.13. The maximum atomic E-state index is 12.5. The van der Waals surface area contributed by atoms with E-state index in [4.69, 9.17) is 0 Å². The molecule has 2 N–H and O–H groups in total. The monoisotopic (exact) mass is 360 g/mol. The summed E-state index contributed by atoms with van der Waals surface area (Å²) in [5.41, 5.74) is 4.38. The third-order valence-electron chi connectivity index (χ3n) is 4.29. The van der Waals surface area contributed by atoms with Crippen molar-refractivity contribution >= 4 is 17.5 Å². The average Bonchev–Trinajstić information content (AvgIpc) is 2.70. The Labute approximate surface area is 157 Å². The van der Waals surface area contributed by atoms with Gasteiger partial charge in [-0.2, -0.15) is 0 Å². The SMILES string of the molecule is Cc1cccc(NC(=O)c2cncc(C(=O)NCc3cccnc3)c2)c1C. The van der Waals surface area contributed by atoms with Gasteiger partial charge in [0.05, 0.1) is 11.1 Å². The van der Waals surface area contributed by atoms with Gasteiger partial charge in [0.1, 0.15) is 0 Å². The minimum absolute atomic E-state index is 0.298. The van der Waals surface area contributed by atoms with Gasteiger partial charge in [-0.25, -0.2) is 0 Å². The van der Waals surface area contributed by atoms with E-state index in [1.54, 1.807) is 18.5 Å². The van der Waals surface area contributed by atoms with Crippen LogP contribution in [0.5, 0.6) is 0 Å². The van der Waals surface area contributed by atoms with Gasteiger partial charge in [0.2, 0.25) is 0 Å². The number of anilines is 1. The maximum Gasteiger partial charge on any atom is 0.257 e. The minimum Gasteiger partial charge on any atom is -0.348 e. The number of carbonyl (C=O) groups excluding carboxylic acids is 2. The largest absolute Gasteiger partial charge is 0.348 e. The fourth-order valence-corrected chi connectivity index (χ4v) is 2.56. The number of carbonyl (C=O) groups is 2. The van der Waals surface area contributed by atoms with E-state index in [9.17, 15) is 9.59 Å². The number of pyridine rings is 2. The molecule has 0 radical (unpaired) electrons. The normalized spacial score (nSPS) is 10.3. The van der Waals surface area contributed by atoms with Gasteiger partial charge in [-0.05, 0) is 48.7 Å². The number of hydrogen-bond donors (Lipinski definition) is 2. The summed E-state index contributed by atoms with van der Waals surface area (Å²) in [7, 11) is 0. The van der Waals surface area contributed by atoms with Crippen LogP contribution in [0.1, 0.15) is 37.4 Å². The average molecular weight is 360 g/mol. The summed E-state index contributed by atoms with van der Waals surface area (Å²) in [6.45, 7) is 4.29. The standard InChI is InChI=1S/C21H20N4O2/c1-14-5-3-7-19(15(14)2)25-21(27)18-9-17(12-23-13-18)20(26)24-11-16-6-4-8-22-10-16/h3-10,12-13H,11H2,1-2H3,(H,24,26)(H,25,27). The molecule has 0 unspecified atom stereocenters. The topological polar surface area (TPSA) is 84.0 Å². The second-order valence-corrected chi connectivity index (χ2v) is 6.21. The molecule has 0 atom stereocenters. The highest BCUT2D eigenvalue weighted by Crippen LogP contribution is 2.19. The number of nitrogens with one attached hydrogen (secondary N) is 2. The number of rotatable bonds is 5. The molecule has 0 spiro atoms. The second kappa shape index (κ2) is 8.23. The van der Waals surface area contributed by atoms with Crippen molar-refractivity contribution in [2.75, 3.05) is 5.32 Å². The minimum atomic E-state index is -0.307. The molecule has 2 amide bonds. The van der Waals surface area contributed by atoms with Crippen LogP contribution < -0.4 is 10.6 Å². The fraction of sp³-hybridized carbons (Fsp3) is 0.143. The summed E-state index contributed by atoms with van der Waals surface area (Å²) >= 11 is 0. The lowest BCUT2D eigenvalue weighted by Gasteiger charge is -2.11. The van der Waals surface area contributed by atoms with E-state index >= 15 is 0 Å². The van der Waals surface area contributed by atoms with Crippen LogP contribution in [-0.2, 0) is 6.54 Å². The molecule has 0 aliphatic carbocycles. The van der Waals surface area contributed by atoms with E-state index in [0.717, 1.165) is 22.4 Å². The first-order valence-corrected chi connectivity index (χ1v) is 8.54. The zero-order valence-corrected chi connectivity index (χ0v) is 15.2. The number of nitrogens with zero attached hydrogens (tertiary/aromatic N) is 2. The Kier molecular flexibility index (Phi) is 5.56. The Morgan fingerprint density at radius 3 is 2.44 bits per heavy atom. The molecule has 1 aromatic carbocycles. The van der Waals surface area contributed by atoms with Crippen LogP contribution in [0.15, 0.2) is 61.2 Å². The number of hydrogen-bond acceptors (Lipinski definition) is 4. The van der Waals surface area contributed by atoms with Crippen LogP contribution in [-0.4, -0.2) is 21.8 Å². The van der Waals surface area contributed by atoms with Gasteiger partial charge >= 0.3 is 0 Å². The van der Waals surface area contributed by atoms with Crippen LogP contribution in [0.25, 0.3) is 0 Å². The third-order valence-corrected chi connectivity index (χ3v) is 4.29. The van der Waals surface area contributed by atoms with Crippen molar-refractivity contribution in [2.45, 2.75) is 20.4 Å². The van der Waals surface area contributed by atoms with Gasteiger partial charge in [-0.15, -0.1) is 0 Å². The maximum absolute atomic E-state index is 12.5. The Balaban J connectivity index is 1.70. The molecule has 2 heterocycles. The van der Waals surface area contributed by atoms with Gasteiger partial charge in [0.25, 0.3) is 11.8 Å². The van der Waals surface area contributed by atoms with Crippen molar-refractivity contribution in [3.05, 3.63) is 89.0 Å². The first kappa shape index (κ1) is 18.3. The summed E-state index contributed by atoms with van der Waals surface area (Å²) in [4.78, 5) is 32.9. The molecule has 0 bridgehead atoms. The van der Waals surface area contributed by atoms with Gasteiger partial charge in [-0.3, -0.25) is 19.6 Å². The fourth-order valence-electron chi connectivity index (χ4n) is 2.56. The third kappa shape index (κ3) is 4.55. The molecule has 0 aliphatic rings. The van der Waals surface area contributed by atoms with E-state index in [-0.39, 0.29) is 11.8 Å². The molecule has 3 aromatic rings. The molecule has 0 saturated heterocycles. The predicted octanol–water partition coefficient (Wildman–Crippen LogP) is 3.28. The van der Waals surface area contributed by atoms with Gasteiger partial charge in [-0.1, -0.05) is 18.2 Å². The second-order valence-electron chi connectivity index (χ2n) is 6.21. The van der Waals surface area contributed by atoms with Crippen molar-refractivity contribution < 1.29 is 9.59 Å². The lowest BCUT2D eigenvalue weighted by molar-refractivity contribution is 0.0950. The molecular weight excluding hydrogens is 340 g/mol. The predicted molar refractivity (Wildman–Crippen MR) is 104 cm³/mol. The highest BCUT2D eigenvalue weighted by molar-refractivity contribution is 6.06. The summed E-state index contributed by atoms with van der Waals surface area (Å²) in [6.07, 6.45) is 6.24. The molecule has 27 heavy (non-hydrogen) atoms. The quantitative estimate of drug-likeness (QED) is 0.731. The highest BCUT2D eigenvalue weighted by atomic mass is 16.2. The van der Waals surface area contributed by atoms with Gasteiger partial charge in [0, 0.05) is 37.0 Å². The molecule has 2 aromatic heterocycles. The Hall–Kier alpha value is -3.54. The smallest absolute Gasteiger partial charge is 0.257 e. The van der Waals surface area contributed by atoms with E-state index in [2.05, 4.69) is 20.6 Å². The number of aromatic nitrogens is 2. The molecule has 6 nitrogen and oxygen atoms in total. The Morgan fingerprint density at radius 1 is 0.926 bits per heavy atom. The van der Waals surface area contributed by atoms with Crippen LogP contribution in [0.4, 0.5) is 5.69 Å². The van der Waals surface area contributed by atoms with Crippen molar-refractivity contribution in [1.82, 2.24) is 15.3 Å². The van der Waals surface area contributed by atoms with Crippen molar-refractivity contribution in [1.29, 1.82) is 0 Å². The van der Waals surface area contributed by atoms with E-state index < -0.39 is 0 Å². The molecule has 0 fully saturated rings. The lowest BCUT2D eigenvalue weighted by atomic mass is 10.1. The molecule has 3 rings (SSSR count). The first-order chi connectivity index (χ1) is 13.0. The van der Waals surface area contributed by atoms with Gasteiger partial charge < -0.3 is 10.6 Å². The molecule has 136 valence electrons. The van der Waals surface area contributed by atoms with E-state index in [1.807, 2.05) is 38.1 Å². The molecule has 6 heteroatoms. The van der Waals surface area contributed by atoms with Crippen LogP contribution >= 0.6 is 0 Å². The molecule has 0 saturated carbocycles. The van der Waals surface area contributed by atoms with Crippen molar-refractivity contribution in [2.24, 2.45) is 0 Å². The number of benzene rings is 1. The first-order valence-electron chi connectivity index (χ1n) is 8.54. The lowest BCUT2D eigenvalue weighted by Crippen LogP contribution is -2.23. The van der Waals surface area contributed by atoms with Crippen LogP contribution in [0.2, 0.25) is 0 Å². The molecule has 0 aliphatic heterocycles. The summed E-state index contributed by atoms with van der Waals surface area (Å²) in [6, 6.07) is 10.9. The summed E-state index contributed by atoms with van der Waals surface area (Å²) in [5.74, 6) is -0.606. The number of aryl methyl sites for hydroxylation is 1. The Morgan fingerprint density at radius 2 is 1.70 bits per heavy atom. The summed E-state index contributed by atoms with van der Waals surface area (Å²) < 4.78 is 0. The summed E-state index contributed by atoms with van der Waals surface area (Å²) in [5, 5.41) is 5.67. The van der Waals surface area contributed by atoms with Gasteiger partial charge in [0.15, 0.2) is 0 Å². The van der Waals surface area contributed by atoms with E-state index in [0.29, 0.717) is 17.7 Å².